The van der Waals surface area contributed by atoms with Gasteiger partial charge in [-0.3, -0.25) is 24.6 Å². The molecular formula is C26H27F3N4O6S. The molecule has 2 saturated heterocycles. The smallest absolute Gasteiger partial charge is 0.489 e. The summed E-state index contributed by atoms with van der Waals surface area (Å²) in [5.41, 5.74) is -2.47. The lowest BCUT2D eigenvalue weighted by molar-refractivity contribution is -0.136. The summed E-state index contributed by atoms with van der Waals surface area (Å²) in [5.74, 6) is -0.624. The highest BCUT2D eigenvalue weighted by Gasteiger charge is 2.50. The molecule has 3 aliphatic rings. The third kappa shape index (κ3) is 5.56. The van der Waals surface area contributed by atoms with Crippen molar-refractivity contribution in [2.24, 2.45) is 0 Å². The number of nitrogens with zero attached hydrogens (tertiary/aromatic N) is 3. The first-order chi connectivity index (χ1) is 18.9. The molecule has 3 aliphatic heterocycles. The van der Waals surface area contributed by atoms with Crippen LogP contribution in [0.15, 0.2) is 42.5 Å². The van der Waals surface area contributed by atoms with Crippen molar-refractivity contribution in [3.63, 3.8) is 0 Å². The zero-order valence-corrected chi connectivity index (χ0v) is 22.1. The number of imide groups is 1. The molecule has 2 fully saturated rings. The number of carbonyl (C=O) groups excluding carboxylic acids is 3. The molecule has 3 amide bonds. The van der Waals surface area contributed by atoms with Crippen molar-refractivity contribution >= 4 is 27.7 Å². The molecule has 0 spiro atoms. The molecule has 10 nitrogen and oxygen atoms in total. The van der Waals surface area contributed by atoms with Crippen molar-refractivity contribution in [2.45, 2.75) is 44.1 Å². The number of nitrogens with one attached hydrogen (secondary N) is 1. The summed E-state index contributed by atoms with van der Waals surface area (Å²) < 4.78 is 68.3. The molecule has 214 valence electrons. The van der Waals surface area contributed by atoms with Gasteiger partial charge in [-0.05, 0) is 29.7 Å². The minimum Gasteiger partial charge on any atom is -0.489 e. The van der Waals surface area contributed by atoms with E-state index in [4.69, 9.17) is 4.74 Å². The van der Waals surface area contributed by atoms with Gasteiger partial charge >= 0.3 is 15.5 Å². The van der Waals surface area contributed by atoms with E-state index in [0.717, 1.165) is 11.1 Å². The predicted octanol–water partition coefficient (Wildman–Crippen LogP) is 1.99. The van der Waals surface area contributed by atoms with Crippen LogP contribution in [0.25, 0.3) is 0 Å². The summed E-state index contributed by atoms with van der Waals surface area (Å²) >= 11 is 0. The molecular weight excluding hydrogens is 553 g/mol. The molecule has 0 aromatic heterocycles. The zero-order valence-electron chi connectivity index (χ0n) is 21.3. The first-order valence-electron chi connectivity index (χ1n) is 12.7. The second-order valence-electron chi connectivity index (χ2n) is 9.92. The number of rotatable bonds is 7. The normalized spacial score (nSPS) is 20.9. The second-order valence-corrected chi connectivity index (χ2v) is 11.8. The van der Waals surface area contributed by atoms with E-state index in [1.807, 2.05) is 29.2 Å². The molecule has 0 radical (unpaired) electrons. The number of fused-ring (bicyclic) bond motifs is 1. The Morgan fingerprint density at radius 3 is 2.38 bits per heavy atom. The Morgan fingerprint density at radius 2 is 1.68 bits per heavy atom. The average molecular weight is 581 g/mol. The third-order valence-corrected chi connectivity index (χ3v) is 8.92. The molecule has 1 N–H and O–H groups in total. The number of benzene rings is 2. The number of carbonyl (C=O) groups is 3. The monoisotopic (exact) mass is 580 g/mol. The fourth-order valence-electron chi connectivity index (χ4n) is 5.20. The standard InChI is InChI=1S/C26H27F3N4O6S/c27-26(28,29)40(37,38)32-11-9-31(10-12-32)14-17-3-1-4-18(13-17)16-39-22-6-2-5-19-20(22)15-33(25(19)36)21-7-8-23(34)30-24(21)35/h1-6,13,21H,7-12,14-16H2,(H,30,34,35). The summed E-state index contributed by atoms with van der Waals surface area (Å²) in [4.78, 5) is 40.2. The van der Waals surface area contributed by atoms with Crippen LogP contribution < -0.4 is 10.1 Å². The number of ether oxygens (including phenoxy) is 1. The van der Waals surface area contributed by atoms with Crippen molar-refractivity contribution in [3.05, 3.63) is 64.7 Å². The topological polar surface area (TPSA) is 116 Å². The van der Waals surface area contributed by atoms with Crippen molar-refractivity contribution in [1.82, 2.24) is 19.4 Å². The van der Waals surface area contributed by atoms with Crippen molar-refractivity contribution in [1.29, 1.82) is 0 Å². The highest BCUT2D eigenvalue weighted by Crippen LogP contribution is 2.34. The van der Waals surface area contributed by atoms with Crippen molar-refractivity contribution < 1.29 is 40.7 Å². The molecule has 1 unspecified atom stereocenters. The summed E-state index contributed by atoms with van der Waals surface area (Å²) in [6.45, 7) is 0.676. The van der Waals surface area contributed by atoms with Gasteiger partial charge in [-0.2, -0.15) is 17.5 Å². The maximum atomic E-state index is 13.0. The quantitative estimate of drug-likeness (QED) is 0.498. The number of sulfonamides is 1. The van der Waals surface area contributed by atoms with E-state index in [0.29, 0.717) is 27.7 Å². The number of piperazine rings is 1. The lowest BCUT2D eigenvalue weighted by atomic mass is 10.0. The number of hydrogen-bond acceptors (Lipinski definition) is 7. The van der Waals surface area contributed by atoms with E-state index in [-0.39, 0.29) is 64.0 Å². The van der Waals surface area contributed by atoms with Crippen LogP contribution in [-0.2, 0) is 39.3 Å². The van der Waals surface area contributed by atoms with Crippen LogP contribution in [0.2, 0.25) is 0 Å². The van der Waals surface area contributed by atoms with Gasteiger partial charge in [0.05, 0.1) is 6.54 Å². The number of alkyl halides is 3. The van der Waals surface area contributed by atoms with Gasteiger partial charge in [-0.25, -0.2) is 8.42 Å². The van der Waals surface area contributed by atoms with Crippen LogP contribution in [0.5, 0.6) is 5.75 Å². The van der Waals surface area contributed by atoms with E-state index in [2.05, 4.69) is 5.32 Å². The van der Waals surface area contributed by atoms with Crippen LogP contribution in [-0.4, -0.2) is 78.0 Å². The van der Waals surface area contributed by atoms with Gasteiger partial charge in [-0.1, -0.05) is 30.3 Å². The molecule has 0 saturated carbocycles. The molecule has 2 aromatic rings. The molecule has 14 heteroatoms. The zero-order chi connectivity index (χ0) is 28.7. The predicted molar refractivity (Wildman–Crippen MR) is 135 cm³/mol. The Hall–Kier alpha value is -3.49. The number of hydrogen-bond donors (Lipinski definition) is 1. The van der Waals surface area contributed by atoms with Crippen LogP contribution in [0.4, 0.5) is 13.2 Å². The molecule has 2 aromatic carbocycles. The van der Waals surface area contributed by atoms with Gasteiger partial charge in [0, 0.05) is 50.3 Å². The molecule has 1 atom stereocenters. The third-order valence-electron chi connectivity index (χ3n) is 7.29. The fourth-order valence-corrected chi connectivity index (χ4v) is 6.14. The summed E-state index contributed by atoms with van der Waals surface area (Å²) in [6, 6.07) is 11.9. The van der Waals surface area contributed by atoms with Gasteiger partial charge in [0.25, 0.3) is 5.91 Å². The minimum absolute atomic E-state index is 0.165. The van der Waals surface area contributed by atoms with E-state index >= 15 is 0 Å². The SMILES string of the molecule is O=C1CCC(N2Cc3c(OCc4cccc(CN5CCN(S(=O)(=O)C(F)(F)F)CC5)c4)cccc3C2=O)C(=O)N1. The summed E-state index contributed by atoms with van der Waals surface area (Å²) in [5, 5.41) is 2.28. The van der Waals surface area contributed by atoms with Crippen molar-refractivity contribution in [3.8, 4) is 5.75 Å². The van der Waals surface area contributed by atoms with Gasteiger partial charge in [0.15, 0.2) is 0 Å². The minimum atomic E-state index is -5.33. The van der Waals surface area contributed by atoms with Crippen LogP contribution in [0.1, 0.15) is 39.9 Å². The molecule has 0 bridgehead atoms. The van der Waals surface area contributed by atoms with Crippen molar-refractivity contribution in [2.75, 3.05) is 26.2 Å². The van der Waals surface area contributed by atoms with E-state index < -0.39 is 27.5 Å². The number of piperidine rings is 1. The largest absolute Gasteiger partial charge is 0.511 e. The first kappa shape index (κ1) is 28.1. The highest BCUT2D eigenvalue weighted by atomic mass is 32.2. The highest BCUT2D eigenvalue weighted by molar-refractivity contribution is 7.90. The number of halogens is 3. The van der Waals surface area contributed by atoms with Gasteiger partial charge in [-0.15, -0.1) is 0 Å². The van der Waals surface area contributed by atoms with E-state index in [1.165, 1.54) is 4.90 Å². The molecule has 0 aliphatic carbocycles. The molecule has 40 heavy (non-hydrogen) atoms. The summed E-state index contributed by atoms with van der Waals surface area (Å²) in [6.07, 6.45) is 0.430. The second kappa shape index (κ2) is 10.8. The van der Waals surface area contributed by atoms with E-state index in [1.54, 1.807) is 18.2 Å². The Kier molecular flexibility index (Phi) is 7.59. The molecule has 5 rings (SSSR count). The van der Waals surface area contributed by atoms with Gasteiger partial charge in [0.2, 0.25) is 11.8 Å². The Morgan fingerprint density at radius 1 is 0.975 bits per heavy atom. The van der Waals surface area contributed by atoms with Gasteiger partial charge in [0.1, 0.15) is 18.4 Å². The number of amides is 3. The first-order valence-corrected chi connectivity index (χ1v) is 14.1. The maximum absolute atomic E-state index is 13.0. The van der Waals surface area contributed by atoms with Crippen LogP contribution in [0.3, 0.4) is 0 Å². The lowest BCUT2D eigenvalue weighted by Gasteiger charge is -2.34. The van der Waals surface area contributed by atoms with Gasteiger partial charge < -0.3 is 9.64 Å². The molecule has 3 heterocycles. The fraction of sp³-hybridized carbons (Fsp3) is 0.423. The lowest BCUT2D eigenvalue weighted by Crippen LogP contribution is -2.52. The Labute approximate surface area is 228 Å². The average Bonchev–Trinajstić information content (AvgIpc) is 3.24. The maximum Gasteiger partial charge on any atom is 0.511 e. The van der Waals surface area contributed by atoms with Crippen LogP contribution in [0, 0.1) is 0 Å². The Balaban J connectivity index is 1.20. The van der Waals surface area contributed by atoms with E-state index in [9.17, 15) is 36.0 Å². The summed E-state index contributed by atoms with van der Waals surface area (Å²) in [7, 11) is -5.33. The Bertz CT molecular complexity index is 1440. The van der Waals surface area contributed by atoms with Crippen LogP contribution >= 0.6 is 0 Å².